The summed E-state index contributed by atoms with van der Waals surface area (Å²) in [5.41, 5.74) is 11.3. The van der Waals surface area contributed by atoms with Gasteiger partial charge in [0.1, 0.15) is 22.9 Å². The smallest absolute Gasteiger partial charge is 0.159 e. The molecule has 0 spiro atoms. The van der Waals surface area contributed by atoms with Crippen LogP contribution in [0, 0.1) is 0 Å². The molecule has 0 aliphatic carbocycles. The summed E-state index contributed by atoms with van der Waals surface area (Å²) in [4.78, 5) is 5.36. The van der Waals surface area contributed by atoms with Crippen molar-refractivity contribution in [2.75, 3.05) is 0 Å². The topological polar surface area (TPSA) is 55.6 Å². The Morgan fingerprint density at radius 2 is 1.16 bits per heavy atom. The molecule has 0 radical (unpaired) electrons. The molecule has 0 amide bonds. The lowest BCUT2D eigenvalue weighted by molar-refractivity contribution is 0.442. The molecule has 0 fully saturated rings. The molecule has 242 valence electrons. The maximum atomic E-state index is 6.83. The second kappa shape index (κ2) is 11.0. The minimum atomic E-state index is -0.264. The van der Waals surface area contributed by atoms with Crippen LogP contribution in [0.25, 0.3) is 71.4 Å². The van der Waals surface area contributed by atoms with Gasteiger partial charge in [0.2, 0.25) is 0 Å². The lowest BCUT2D eigenvalue weighted by Gasteiger charge is -2.30. The average Bonchev–Trinajstić information content (AvgIpc) is 3.87. The molecular formula is C46H31N3O2. The van der Waals surface area contributed by atoms with E-state index >= 15 is 0 Å². The molecule has 5 heteroatoms. The molecule has 1 aliphatic rings. The van der Waals surface area contributed by atoms with Crippen LogP contribution in [0.4, 0.5) is 0 Å². The summed E-state index contributed by atoms with van der Waals surface area (Å²) in [7, 11) is 0. The molecule has 7 aromatic carbocycles. The molecule has 4 heterocycles. The normalized spacial score (nSPS) is 16.6. The van der Waals surface area contributed by atoms with E-state index in [1.807, 2.05) is 12.1 Å². The third-order valence-electron chi connectivity index (χ3n) is 10.6. The van der Waals surface area contributed by atoms with E-state index in [0.717, 1.165) is 83.9 Å². The van der Waals surface area contributed by atoms with Crippen molar-refractivity contribution in [2.24, 2.45) is 4.99 Å². The SMILES string of the molecule is c1ccc(C2CC(c3ccc4c(c3)oc3ccccc34)=NC(c3ccc4c(c3)oc3c(-n5c6ccccc6c6ccccc65)cccc34)N2)cc1. The summed E-state index contributed by atoms with van der Waals surface area (Å²) in [6, 6.07) is 55.7. The Kier molecular flexibility index (Phi) is 6.15. The van der Waals surface area contributed by atoms with Crippen LogP contribution in [-0.4, -0.2) is 10.3 Å². The first-order valence-electron chi connectivity index (χ1n) is 17.5. The van der Waals surface area contributed by atoms with Gasteiger partial charge in [0.05, 0.1) is 16.7 Å². The van der Waals surface area contributed by atoms with Crippen LogP contribution in [0.2, 0.25) is 0 Å². The largest absolute Gasteiger partial charge is 0.456 e. The first kappa shape index (κ1) is 28.4. The number of nitrogens with one attached hydrogen (secondary N) is 1. The van der Waals surface area contributed by atoms with Crippen molar-refractivity contribution in [3.63, 3.8) is 0 Å². The molecule has 1 N–H and O–H groups in total. The van der Waals surface area contributed by atoms with E-state index in [0.29, 0.717) is 0 Å². The van der Waals surface area contributed by atoms with Crippen LogP contribution in [0.1, 0.15) is 35.3 Å². The number of aromatic nitrogens is 1. The van der Waals surface area contributed by atoms with Crippen molar-refractivity contribution in [3.05, 3.63) is 174 Å². The third kappa shape index (κ3) is 4.42. The summed E-state index contributed by atoms with van der Waals surface area (Å²) in [6.45, 7) is 0. The first-order chi connectivity index (χ1) is 25.3. The lowest BCUT2D eigenvalue weighted by atomic mass is 9.93. The van der Waals surface area contributed by atoms with Gasteiger partial charge >= 0.3 is 0 Å². The van der Waals surface area contributed by atoms with Gasteiger partial charge in [-0.3, -0.25) is 10.3 Å². The molecule has 1 aliphatic heterocycles. The van der Waals surface area contributed by atoms with Gasteiger partial charge in [0.25, 0.3) is 0 Å². The number of hydrogen-bond donors (Lipinski definition) is 1. The van der Waals surface area contributed by atoms with Crippen molar-refractivity contribution in [3.8, 4) is 5.69 Å². The highest BCUT2D eigenvalue weighted by Crippen LogP contribution is 2.40. The van der Waals surface area contributed by atoms with Gasteiger partial charge in [-0.2, -0.15) is 0 Å². The number of hydrogen-bond acceptors (Lipinski definition) is 4. The maximum absolute atomic E-state index is 6.83. The van der Waals surface area contributed by atoms with Gasteiger partial charge in [-0.15, -0.1) is 0 Å². The van der Waals surface area contributed by atoms with Crippen molar-refractivity contribution >= 4 is 71.4 Å². The Labute approximate surface area is 293 Å². The van der Waals surface area contributed by atoms with Crippen LogP contribution in [0.5, 0.6) is 0 Å². The zero-order valence-corrected chi connectivity index (χ0v) is 27.6. The predicted molar refractivity (Wildman–Crippen MR) is 208 cm³/mol. The van der Waals surface area contributed by atoms with E-state index in [2.05, 4.69) is 155 Å². The standard InChI is InChI=1S/C46H31N3O2/c1-2-11-28(12-3-1)37-27-38(29-21-23-34-33-15-6-9-20-42(33)50-43(34)25-29)48-46(47-37)30-22-24-35-36-16-10-19-41(45(36)51-44(35)26-30)49-39-17-7-4-13-31(39)32-14-5-8-18-40(32)49/h1-26,37,46-47H,27H2. The molecule has 0 saturated heterocycles. The van der Waals surface area contributed by atoms with Crippen LogP contribution < -0.4 is 5.32 Å². The van der Waals surface area contributed by atoms with Gasteiger partial charge in [0, 0.05) is 50.5 Å². The summed E-state index contributed by atoms with van der Waals surface area (Å²) >= 11 is 0. The number of furan rings is 2. The highest BCUT2D eigenvalue weighted by molar-refractivity contribution is 6.13. The van der Waals surface area contributed by atoms with Gasteiger partial charge in [-0.1, -0.05) is 115 Å². The molecule has 5 nitrogen and oxygen atoms in total. The second-order valence-electron chi connectivity index (χ2n) is 13.5. The zero-order valence-electron chi connectivity index (χ0n) is 27.6. The fourth-order valence-electron chi connectivity index (χ4n) is 8.18. The summed E-state index contributed by atoms with van der Waals surface area (Å²) in [5.74, 6) is 0. The van der Waals surface area contributed by atoms with Crippen molar-refractivity contribution in [1.82, 2.24) is 9.88 Å². The van der Waals surface area contributed by atoms with Crippen molar-refractivity contribution < 1.29 is 8.83 Å². The number of nitrogens with zero attached hydrogens (tertiary/aromatic N) is 2. The average molecular weight is 658 g/mol. The maximum Gasteiger partial charge on any atom is 0.159 e. The van der Waals surface area contributed by atoms with E-state index in [4.69, 9.17) is 13.8 Å². The summed E-state index contributed by atoms with van der Waals surface area (Å²) < 4.78 is 15.4. The molecule has 3 aromatic heterocycles. The highest BCUT2D eigenvalue weighted by atomic mass is 16.3. The quantitative estimate of drug-likeness (QED) is 0.205. The van der Waals surface area contributed by atoms with Gasteiger partial charge < -0.3 is 13.4 Å². The van der Waals surface area contributed by atoms with E-state index in [1.54, 1.807) is 0 Å². The van der Waals surface area contributed by atoms with E-state index in [-0.39, 0.29) is 12.2 Å². The molecule has 51 heavy (non-hydrogen) atoms. The Balaban J connectivity index is 1.05. The van der Waals surface area contributed by atoms with E-state index < -0.39 is 0 Å². The Bertz CT molecular complexity index is 2950. The Morgan fingerprint density at radius 1 is 0.510 bits per heavy atom. The summed E-state index contributed by atoms with van der Waals surface area (Å²) in [6.07, 6.45) is 0.501. The number of rotatable bonds is 4. The second-order valence-corrected chi connectivity index (χ2v) is 13.5. The minimum Gasteiger partial charge on any atom is -0.456 e. The first-order valence-corrected chi connectivity index (χ1v) is 17.5. The zero-order chi connectivity index (χ0) is 33.5. The molecule has 11 rings (SSSR count). The van der Waals surface area contributed by atoms with Crippen LogP contribution in [-0.2, 0) is 0 Å². The fourth-order valence-corrected chi connectivity index (χ4v) is 8.18. The van der Waals surface area contributed by atoms with E-state index in [1.165, 1.54) is 16.3 Å². The highest BCUT2D eigenvalue weighted by Gasteiger charge is 2.27. The third-order valence-corrected chi connectivity index (χ3v) is 10.6. The Hall–Kier alpha value is -6.43. The monoisotopic (exact) mass is 657 g/mol. The van der Waals surface area contributed by atoms with Crippen LogP contribution in [0.3, 0.4) is 0 Å². The molecular weight excluding hydrogens is 627 g/mol. The van der Waals surface area contributed by atoms with Crippen LogP contribution in [0.15, 0.2) is 172 Å². The van der Waals surface area contributed by atoms with E-state index in [9.17, 15) is 0 Å². The van der Waals surface area contributed by atoms with Gasteiger partial charge in [0.15, 0.2) is 5.58 Å². The molecule has 0 saturated carbocycles. The lowest BCUT2D eigenvalue weighted by Crippen LogP contribution is -2.33. The van der Waals surface area contributed by atoms with Gasteiger partial charge in [-0.05, 0) is 59.2 Å². The molecule has 10 aromatic rings. The summed E-state index contributed by atoms with van der Waals surface area (Å²) in [5, 5.41) is 10.8. The van der Waals surface area contributed by atoms with Crippen molar-refractivity contribution in [2.45, 2.75) is 18.6 Å². The van der Waals surface area contributed by atoms with Crippen LogP contribution >= 0.6 is 0 Å². The van der Waals surface area contributed by atoms with Gasteiger partial charge in [-0.25, -0.2) is 0 Å². The molecule has 2 atom stereocenters. The number of fused-ring (bicyclic) bond motifs is 9. The van der Waals surface area contributed by atoms with Crippen molar-refractivity contribution in [1.29, 1.82) is 0 Å². The fraction of sp³-hybridized carbons (Fsp3) is 0.0652. The molecule has 2 unspecified atom stereocenters. The number of benzene rings is 7. The Morgan fingerprint density at radius 3 is 1.98 bits per heavy atom. The number of aliphatic imine (C=N–C) groups is 1. The minimum absolute atomic E-state index is 0.0864. The predicted octanol–water partition coefficient (Wildman–Crippen LogP) is 11.8. The number of para-hydroxylation sites is 4. The molecule has 0 bridgehead atoms.